The van der Waals surface area contributed by atoms with Crippen LogP contribution in [0.15, 0.2) is 28.7 Å². The number of amides is 1. The lowest BCUT2D eigenvalue weighted by Gasteiger charge is -2.45. The Morgan fingerprint density at radius 3 is 2.46 bits per heavy atom. The van der Waals surface area contributed by atoms with E-state index in [1.165, 1.54) is 0 Å². The first-order chi connectivity index (χ1) is 11.4. The quantitative estimate of drug-likeness (QED) is 0.824. The number of benzene rings is 1. The fourth-order valence-corrected chi connectivity index (χ4v) is 3.99. The average molecular weight is 396 g/mol. The first kappa shape index (κ1) is 17.3. The van der Waals surface area contributed by atoms with Crippen molar-refractivity contribution in [1.29, 1.82) is 0 Å². The van der Waals surface area contributed by atoms with Gasteiger partial charge in [0.1, 0.15) is 5.60 Å². The number of carbonyl (C=O) groups excluding carboxylic acids is 1. The molecule has 0 bridgehead atoms. The first-order valence-corrected chi connectivity index (χ1v) is 9.17. The van der Waals surface area contributed by atoms with Gasteiger partial charge in [0.25, 0.3) is 0 Å². The van der Waals surface area contributed by atoms with Crippen molar-refractivity contribution < 1.29 is 19.4 Å². The second-order valence-corrected chi connectivity index (χ2v) is 7.75. The molecule has 1 spiro atoms. The minimum atomic E-state index is -0.738. The summed E-state index contributed by atoms with van der Waals surface area (Å²) >= 11 is 3.42. The average Bonchev–Trinajstić information content (AvgIpc) is 2.55. The predicted octanol–water partition coefficient (Wildman–Crippen LogP) is 4.37. The minimum Gasteiger partial charge on any atom is -0.481 e. The van der Waals surface area contributed by atoms with E-state index in [0.717, 1.165) is 16.5 Å². The molecule has 1 saturated heterocycles. The van der Waals surface area contributed by atoms with Gasteiger partial charge in [-0.2, -0.15) is 0 Å². The first-order valence-electron chi connectivity index (χ1n) is 8.38. The number of carboxylic acid groups (broad SMARTS) is 1. The monoisotopic (exact) mass is 395 g/mol. The number of hydrogen-bond acceptors (Lipinski definition) is 3. The standard InChI is InChI=1S/C18H22BrNO4/c1-12(13-2-4-15(19)5-3-13)20-11-10-18(24-17(20)23)8-6-14(7-9-18)16(21)22/h2-5,12,14H,6-11H2,1H3,(H,21,22)/t12-,14-,18+/m0/s1. The number of ether oxygens (including phenoxy) is 1. The van der Waals surface area contributed by atoms with Crippen molar-refractivity contribution in [3.8, 4) is 0 Å². The fraction of sp³-hybridized carbons (Fsp3) is 0.556. The Balaban J connectivity index is 1.64. The third kappa shape index (κ3) is 3.43. The number of aliphatic carboxylic acids is 1. The van der Waals surface area contributed by atoms with E-state index in [9.17, 15) is 9.59 Å². The van der Waals surface area contributed by atoms with Crippen LogP contribution in [0, 0.1) is 5.92 Å². The molecule has 1 aromatic rings. The third-order valence-electron chi connectivity index (χ3n) is 5.41. The molecule has 1 aliphatic carbocycles. The van der Waals surface area contributed by atoms with Crippen LogP contribution in [-0.2, 0) is 9.53 Å². The molecular weight excluding hydrogens is 374 g/mol. The van der Waals surface area contributed by atoms with Crippen molar-refractivity contribution in [3.05, 3.63) is 34.3 Å². The summed E-state index contributed by atoms with van der Waals surface area (Å²) < 4.78 is 6.81. The highest BCUT2D eigenvalue weighted by Gasteiger charge is 2.45. The summed E-state index contributed by atoms with van der Waals surface area (Å²) in [6.45, 7) is 2.65. The van der Waals surface area contributed by atoms with Gasteiger partial charge in [-0.25, -0.2) is 4.79 Å². The molecule has 130 valence electrons. The van der Waals surface area contributed by atoms with Crippen LogP contribution < -0.4 is 0 Å². The highest BCUT2D eigenvalue weighted by atomic mass is 79.9. The summed E-state index contributed by atoms with van der Waals surface area (Å²) in [4.78, 5) is 25.4. The zero-order valence-electron chi connectivity index (χ0n) is 13.7. The molecule has 24 heavy (non-hydrogen) atoms. The Hall–Kier alpha value is -1.56. The van der Waals surface area contributed by atoms with Crippen LogP contribution in [-0.4, -0.2) is 34.2 Å². The number of carbonyl (C=O) groups is 2. The van der Waals surface area contributed by atoms with Crippen LogP contribution in [0.3, 0.4) is 0 Å². The van der Waals surface area contributed by atoms with E-state index < -0.39 is 11.6 Å². The van der Waals surface area contributed by atoms with Crippen LogP contribution in [0.25, 0.3) is 0 Å². The highest BCUT2D eigenvalue weighted by molar-refractivity contribution is 9.10. The molecule has 1 amide bonds. The van der Waals surface area contributed by atoms with Crippen LogP contribution in [0.1, 0.15) is 50.6 Å². The molecule has 3 rings (SSSR count). The molecular formula is C18H22BrNO4. The summed E-state index contributed by atoms with van der Waals surface area (Å²) in [5.41, 5.74) is 0.611. The van der Waals surface area contributed by atoms with Crippen LogP contribution >= 0.6 is 15.9 Å². The number of nitrogens with zero attached hydrogens (tertiary/aromatic N) is 1. The van der Waals surface area contributed by atoms with E-state index in [1.807, 2.05) is 31.2 Å². The van der Waals surface area contributed by atoms with E-state index in [4.69, 9.17) is 9.84 Å². The van der Waals surface area contributed by atoms with E-state index >= 15 is 0 Å². The molecule has 1 saturated carbocycles. The smallest absolute Gasteiger partial charge is 0.410 e. The zero-order chi connectivity index (χ0) is 17.3. The lowest BCUT2D eigenvalue weighted by Crippen LogP contribution is -2.52. The maximum absolute atomic E-state index is 12.5. The highest BCUT2D eigenvalue weighted by Crippen LogP contribution is 2.41. The molecule has 1 heterocycles. The fourth-order valence-electron chi connectivity index (χ4n) is 3.73. The Kier molecular flexibility index (Phi) is 4.85. The molecule has 1 N–H and O–H groups in total. The van der Waals surface area contributed by atoms with Crippen molar-refractivity contribution >= 4 is 28.0 Å². The molecule has 2 fully saturated rings. The van der Waals surface area contributed by atoms with E-state index in [1.54, 1.807) is 4.90 Å². The van der Waals surface area contributed by atoms with Gasteiger partial charge in [-0.15, -0.1) is 0 Å². The zero-order valence-corrected chi connectivity index (χ0v) is 15.3. The Morgan fingerprint density at radius 1 is 1.29 bits per heavy atom. The van der Waals surface area contributed by atoms with Crippen molar-refractivity contribution in [2.24, 2.45) is 5.92 Å². The van der Waals surface area contributed by atoms with Crippen LogP contribution in [0.4, 0.5) is 4.79 Å². The Bertz CT molecular complexity index is 622. The molecule has 0 radical (unpaired) electrons. The summed E-state index contributed by atoms with van der Waals surface area (Å²) in [6.07, 6.45) is 2.96. The summed E-state index contributed by atoms with van der Waals surface area (Å²) in [7, 11) is 0. The maximum atomic E-state index is 12.5. The largest absolute Gasteiger partial charge is 0.481 e. The third-order valence-corrected chi connectivity index (χ3v) is 5.94. The molecule has 1 atom stereocenters. The summed E-state index contributed by atoms with van der Waals surface area (Å²) in [5, 5.41) is 9.12. The molecule has 1 aromatic carbocycles. The number of carboxylic acids is 1. The predicted molar refractivity (Wildman–Crippen MR) is 92.7 cm³/mol. The van der Waals surface area contributed by atoms with Gasteiger partial charge in [0.2, 0.25) is 0 Å². The molecule has 5 nitrogen and oxygen atoms in total. The van der Waals surface area contributed by atoms with Crippen LogP contribution in [0.2, 0.25) is 0 Å². The van der Waals surface area contributed by atoms with E-state index in [2.05, 4.69) is 15.9 Å². The van der Waals surface area contributed by atoms with Gasteiger partial charge < -0.3 is 14.7 Å². The minimum absolute atomic E-state index is 0.0432. The van der Waals surface area contributed by atoms with Crippen molar-refractivity contribution in [1.82, 2.24) is 4.90 Å². The molecule has 1 aliphatic heterocycles. The van der Waals surface area contributed by atoms with Gasteiger partial charge in [-0.05, 0) is 50.3 Å². The number of rotatable bonds is 3. The van der Waals surface area contributed by atoms with Gasteiger partial charge in [0, 0.05) is 17.4 Å². The molecule has 0 unspecified atom stereocenters. The number of halogens is 1. The SMILES string of the molecule is C[C@@H](c1ccc(Br)cc1)N1CC[C@]2(CC[C@H](C(=O)O)CC2)OC1=O. The van der Waals surface area contributed by atoms with Gasteiger partial charge in [0.05, 0.1) is 12.0 Å². The topological polar surface area (TPSA) is 66.8 Å². The molecule has 2 aliphatic rings. The Morgan fingerprint density at radius 2 is 1.92 bits per heavy atom. The van der Waals surface area contributed by atoms with E-state index in [-0.39, 0.29) is 18.1 Å². The Labute approximate surface area is 150 Å². The van der Waals surface area contributed by atoms with Gasteiger partial charge >= 0.3 is 12.1 Å². The van der Waals surface area contributed by atoms with Gasteiger partial charge in [0.15, 0.2) is 0 Å². The van der Waals surface area contributed by atoms with Crippen molar-refractivity contribution in [2.45, 2.75) is 50.7 Å². The summed E-state index contributed by atoms with van der Waals surface area (Å²) in [5.74, 6) is -1.04. The van der Waals surface area contributed by atoms with Gasteiger partial charge in [-0.1, -0.05) is 28.1 Å². The second-order valence-electron chi connectivity index (χ2n) is 6.83. The second kappa shape index (κ2) is 6.75. The van der Waals surface area contributed by atoms with Crippen molar-refractivity contribution in [2.75, 3.05) is 6.54 Å². The lowest BCUT2D eigenvalue weighted by atomic mass is 9.76. The molecule has 0 aromatic heterocycles. The van der Waals surface area contributed by atoms with Gasteiger partial charge in [-0.3, -0.25) is 4.79 Å². The lowest BCUT2D eigenvalue weighted by molar-refractivity contribution is -0.146. The molecule has 6 heteroatoms. The number of hydrogen-bond donors (Lipinski definition) is 1. The normalized spacial score (nSPS) is 28.5. The van der Waals surface area contributed by atoms with Crippen molar-refractivity contribution in [3.63, 3.8) is 0 Å². The summed E-state index contributed by atoms with van der Waals surface area (Å²) in [6, 6.07) is 7.90. The van der Waals surface area contributed by atoms with Crippen LogP contribution in [0.5, 0.6) is 0 Å². The maximum Gasteiger partial charge on any atom is 0.410 e. The van der Waals surface area contributed by atoms with E-state index in [0.29, 0.717) is 32.2 Å².